The Labute approximate surface area is 103 Å². The number of aliphatic hydroxyl groups is 1. The molecule has 17 heavy (non-hydrogen) atoms. The summed E-state index contributed by atoms with van der Waals surface area (Å²) in [6.45, 7) is 5.95. The van der Waals surface area contributed by atoms with E-state index in [9.17, 15) is 5.11 Å². The smallest absolute Gasteiger partial charge is 0.121 e. The number of aliphatic hydroxyl groups excluding tert-OH is 1. The van der Waals surface area contributed by atoms with E-state index in [-0.39, 0.29) is 0 Å². The minimum atomic E-state index is -0.495. The van der Waals surface area contributed by atoms with Crippen LogP contribution in [-0.4, -0.2) is 37.6 Å². The molecule has 1 rings (SSSR count). The van der Waals surface area contributed by atoms with Crippen LogP contribution in [0.2, 0.25) is 0 Å². The summed E-state index contributed by atoms with van der Waals surface area (Å²) in [5.41, 5.74) is 0.937. The molecule has 0 aliphatic carbocycles. The molecule has 0 radical (unpaired) electrons. The van der Waals surface area contributed by atoms with Crippen LogP contribution >= 0.6 is 0 Å². The molecule has 4 heteroatoms. The van der Waals surface area contributed by atoms with Gasteiger partial charge in [-0.05, 0) is 26.0 Å². The van der Waals surface area contributed by atoms with Gasteiger partial charge in [0, 0.05) is 24.9 Å². The van der Waals surface area contributed by atoms with Crippen molar-refractivity contribution in [3.63, 3.8) is 0 Å². The maximum Gasteiger partial charge on any atom is 0.121 e. The summed E-state index contributed by atoms with van der Waals surface area (Å²) in [5, 5.41) is 12.7. The zero-order valence-electron chi connectivity index (χ0n) is 10.5. The first kappa shape index (κ1) is 13.8. The molecule has 0 saturated heterocycles. The monoisotopic (exact) mass is 239 g/mol. The van der Waals surface area contributed by atoms with Gasteiger partial charge < -0.3 is 19.9 Å². The lowest BCUT2D eigenvalue weighted by atomic mass is 10.3. The molecule has 1 aromatic rings. The zero-order valence-corrected chi connectivity index (χ0v) is 10.5. The number of benzene rings is 1. The van der Waals surface area contributed by atoms with Crippen molar-refractivity contribution in [3.8, 4) is 5.75 Å². The highest BCUT2D eigenvalue weighted by molar-refractivity contribution is 5.48. The van der Waals surface area contributed by atoms with E-state index in [0.29, 0.717) is 26.4 Å². The van der Waals surface area contributed by atoms with E-state index >= 15 is 0 Å². The van der Waals surface area contributed by atoms with Gasteiger partial charge in [-0.3, -0.25) is 0 Å². The molecule has 0 heterocycles. The molecule has 0 aliphatic heterocycles. The lowest BCUT2D eigenvalue weighted by Gasteiger charge is -2.13. The van der Waals surface area contributed by atoms with Crippen LogP contribution < -0.4 is 10.1 Å². The maximum atomic E-state index is 9.60. The Bertz CT molecular complexity index is 317. The van der Waals surface area contributed by atoms with Crippen molar-refractivity contribution in [2.75, 3.05) is 31.7 Å². The molecule has 0 aromatic heterocycles. The number of hydrogen-bond acceptors (Lipinski definition) is 4. The van der Waals surface area contributed by atoms with Crippen molar-refractivity contribution in [1.82, 2.24) is 0 Å². The average molecular weight is 239 g/mol. The highest BCUT2D eigenvalue weighted by atomic mass is 16.5. The number of anilines is 1. The maximum absolute atomic E-state index is 9.60. The Kier molecular flexibility index (Phi) is 6.43. The largest absolute Gasteiger partial charge is 0.494 e. The van der Waals surface area contributed by atoms with Gasteiger partial charge in [-0.2, -0.15) is 0 Å². The molecule has 0 amide bonds. The van der Waals surface area contributed by atoms with Crippen LogP contribution in [0.3, 0.4) is 0 Å². The summed E-state index contributed by atoms with van der Waals surface area (Å²) in [5.74, 6) is 0.830. The van der Waals surface area contributed by atoms with Crippen molar-refractivity contribution in [2.24, 2.45) is 0 Å². The van der Waals surface area contributed by atoms with E-state index in [1.165, 1.54) is 0 Å². The second kappa shape index (κ2) is 7.92. The molecule has 96 valence electrons. The second-order valence-corrected chi connectivity index (χ2v) is 3.66. The van der Waals surface area contributed by atoms with Gasteiger partial charge in [0.2, 0.25) is 0 Å². The lowest BCUT2D eigenvalue weighted by molar-refractivity contribution is 0.0496. The van der Waals surface area contributed by atoms with Crippen LogP contribution in [-0.2, 0) is 4.74 Å². The van der Waals surface area contributed by atoms with Crippen molar-refractivity contribution < 1.29 is 14.6 Å². The van der Waals surface area contributed by atoms with Gasteiger partial charge in [0.1, 0.15) is 5.75 Å². The molecule has 0 fully saturated rings. The minimum absolute atomic E-state index is 0.356. The van der Waals surface area contributed by atoms with E-state index in [1.807, 2.05) is 38.1 Å². The average Bonchev–Trinajstić information content (AvgIpc) is 2.35. The summed E-state index contributed by atoms with van der Waals surface area (Å²) in [4.78, 5) is 0. The molecule has 1 atom stereocenters. The third-order valence-corrected chi connectivity index (χ3v) is 2.20. The predicted octanol–water partition coefficient (Wildman–Crippen LogP) is 1.89. The summed E-state index contributed by atoms with van der Waals surface area (Å²) < 4.78 is 10.5. The highest BCUT2D eigenvalue weighted by Gasteiger charge is 2.03. The molecular weight excluding hydrogens is 218 g/mol. The van der Waals surface area contributed by atoms with E-state index in [1.54, 1.807) is 0 Å². The number of hydrogen-bond donors (Lipinski definition) is 2. The van der Waals surface area contributed by atoms with Crippen molar-refractivity contribution in [3.05, 3.63) is 24.3 Å². The third kappa shape index (κ3) is 5.56. The number of ether oxygens (including phenoxy) is 2. The molecule has 2 N–H and O–H groups in total. The fraction of sp³-hybridized carbons (Fsp3) is 0.538. The fourth-order valence-electron chi connectivity index (χ4n) is 1.41. The summed E-state index contributed by atoms with van der Waals surface area (Å²) in [6, 6.07) is 7.68. The molecule has 4 nitrogen and oxygen atoms in total. The molecule has 1 unspecified atom stereocenters. The Morgan fingerprint density at radius 1 is 1.29 bits per heavy atom. The quantitative estimate of drug-likeness (QED) is 0.727. The third-order valence-electron chi connectivity index (χ3n) is 2.20. The standard InChI is InChI=1S/C13H21NO3/c1-3-16-10-12(15)9-14-11-6-5-7-13(8-11)17-4-2/h5-8,12,14-15H,3-4,9-10H2,1-2H3. The second-order valence-electron chi connectivity index (χ2n) is 3.66. The first-order valence-corrected chi connectivity index (χ1v) is 5.98. The van der Waals surface area contributed by atoms with Crippen LogP contribution in [0.25, 0.3) is 0 Å². The van der Waals surface area contributed by atoms with Crippen molar-refractivity contribution >= 4 is 5.69 Å². The van der Waals surface area contributed by atoms with Gasteiger partial charge in [-0.1, -0.05) is 6.07 Å². The summed E-state index contributed by atoms with van der Waals surface area (Å²) in [7, 11) is 0. The molecule has 1 aromatic carbocycles. The van der Waals surface area contributed by atoms with Gasteiger partial charge >= 0.3 is 0 Å². The van der Waals surface area contributed by atoms with Crippen LogP contribution in [0.4, 0.5) is 5.69 Å². The Morgan fingerprint density at radius 3 is 2.82 bits per heavy atom. The Morgan fingerprint density at radius 2 is 2.12 bits per heavy atom. The van der Waals surface area contributed by atoms with E-state index in [2.05, 4.69) is 5.32 Å². The van der Waals surface area contributed by atoms with Gasteiger partial charge in [0.25, 0.3) is 0 Å². The van der Waals surface area contributed by atoms with Gasteiger partial charge in [-0.15, -0.1) is 0 Å². The van der Waals surface area contributed by atoms with Gasteiger partial charge in [0.15, 0.2) is 0 Å². The Hall–Kier alpha value is -1.26. The molecule has 0 spiro atoms. The molecule has 0 bridgehead atoms. The van der Waals surface area contributed by atoms with Crippen LogP contribution in [0, 0.1) is 0 Å². The van der Waals surface area contributed by atoms with Crippen LogP contribution in [0.1, 0.15) is 13.8 Å². The molecule has 0 aliphatic rings. The first-order valence-electron chi connectivity index (χ1n) is 5.98. The van der Waals surface area contributed by atoms with Gasteiger partial charge in [-0.25, -0.2) is 0 Å². The Balaban J connectivity index is 2.37. The van der Waals surface area contributed by atoms with E-state index in [0.717, 1.165) is 11.4 Å². The fourth-order valence-corrected chi connectivity index (χ4v) is 1.41. The SMILES string of the molecule is CCOCC(O)CNc1cccc(OCC)c1. The normalized spacial score (nSPS) is 12.2. The van der Waals surface area contributed by atoms with Crippen LogP contribution in [0.15, 0.2) is 24.3 Å². The highest BCUT2D eigenvalue weighted by Crippen LogP contribution is 2.17. The molecular formula is C13H21NO3. The summed E-state index contributed by atoms with van der Waals surface area (Å²) >= 11 is 0. The van der Waals surface area contributed by atoms with Crippen LogP contribution in [0.5, 0.6) is 5.75 Å². The number of rotatable bonds is 8. The van der Waals surface area contributed by atoms with Gasteiger partial charge in [0.05, 0.1) is 19.3 Å². The van der Waals surface area contributed by atoms with E-state index < -0.39 is 6.10 Å². The van der Waals surface area contributed by atoms with Crippen molar-refractivity contribution in [2.45, 2.75) is 20.0 Å². The zero-order chi connectivity index (χ0) is 12.5. The predicted molar refractivity (Wildman–Crippen MR) is 68.6 cm³/mol. The minimum Gasteiger partial charge on any atom is -0.494 e. The topological polar surface area (TPSA) is 50.7 Å². The molecule has 0 saturated carbocycles. The van der Waals surface area contributed by atoms with E-state index in [4.69, 9.17) is 9.47 Å². The van der Waals surface area contributed by atoms with Crippen molar-refractivity contribution in [1.29, 1.82) is 0 Å². The number of nitrogens with one attached hydrogen (secondary N) is 1. The lowest BCUT2D eigenvalue weighted by Crippen LogP contribution is -2.24. The summed E-state index contributed by atoms with van der Waals surface area (Å²) in [6.07, 6.45) is -0.495. The first-order chi connectivity index (χ1) is 8.26.